The minimum Gasteiger partial charge on any atom is -0.383 e. The van der Waals surface area contributed by atoms with Crippen LogP contribution in [0.15, 0.2) is 24.8 Å². The fraction of sp³-hybridized carbons (Fsp3) is 0.250. The number of nitrogens with two attached hydrogens (primary N) is 1. The maximum atomic E-state index is 13.3. The Morgan fingerprint density at radius 2 is 2.12 bits per heavy atom. The number of unbranched alkanes of at least 4 members (excludes halogenated alkanes) is 1. The van der Waals surface area contributed by atoms with Crippen LogP contribution in [0.25, 0.3) is 0 Å². The van der Waals surface area contributed by atoms with E-state index < -0.39 is 17.5 Å². The highest BCUT2D eigenvalue weighted by Crippen LogP contribution is 2.19. The van der Waals surface area contributed by atoms with E-state index in [-0.39, 0.29) is 11.3 Å². The van der Waals surface area contributed by atoms with Gasteiger partial charge in [-0.2, -0.15) is 0 Å². The Hall–Kier alpha value is -1.91. The summed E-state index contributed by atoms with van der Waals surface area (Å²) in [5, 5.41) is 2.77. The molecule has 5 heteroatoms. The third kappa shape index (κ3) is 3.55. The maximum Gasteiger partial charge on any atom is 0.251 e. The first-order valence-electron chi connectivity index (χ1n) is 5.20. The van der Waals surface area contributed by atoms with Gasteiger partial charge in [-0.25, -0.2) is 8.78 Å². The van der Waals surface area contributed by atoms with Crippen LogP contribution in [0.2, 0.25) is 0 Å². The predicted octanol–water partition coefficient (Wildman–Crippen LogP) is 2.44. The van der Waals surface area contributed by atoms with E-state index in [2.05, 4.69) is 11.9 Å². The second-order valence-corrected chi connectivity index (χ2v) is 3.53. The number of nitrogens with one attached hydrogen (secondary N) is 1. The van der Waals surface area contributed by atoms with E-state index in [4.69, 9.17) is 5.73 Å². The zero-order valence-corrected chi connectivity index (χ0v) is 9.30. The minimum atomic E-state index is -0.952. The number of rotatable bonds is 6. The normalized spacial score (nSPS) is 10.0. The summed E-state index contributed by atoms with van der Waals surface area (Å²) < 4.78 is 26.5. The van der Waals surface area contributed by atoms with Gasteiger partial charge in [-0.05, 0) is 18.9 Å². The van der Waals surface area contributed by atoms with Crippen LogP contribution < -0.4 is 11.1 Å². The number of anilines is 1. The number of hydrogen-bond acceptors (Lipinski definition) is 2. The fourth-order valence-corrected chi connectivity index (χ4v) is 1.34. The molecule has 0 heterocycles. The topological polar surface area (TPSA) is 55.1 Å². The minimum absolute atomic E-state index is 0.0734. The summed E-state index contributed by atoms with van der Waals surface area (Å²) in [6.45, 7) is 4.07. The van der Waals surface area contributed by atoms with Gasteiger partial charge in [0.2, 0.25) is 0 Å². The van der Waals surface area contributed by atoms with Crippen molar-refractivity contribution >= 4 is 11.6 Å². The Bertz CT molecular complexity index is 433. The molecule has 0 radical (unpaired) electrons. The quantitative estimate of drug-likeness (QED) is 0.592. The van der Waals surface area contributed by atoms with Crippen molar-refractivity contribution in [2.75, 3.05) is 11.9 Å². The maximum absolute atomic E-state index is 13.3. The molecule has 92 valence electrons. The Morgan fingerprint density at radius 3 is 2.71 bits per heavy atom. The van der Waals surface area contributed by atoms with E-state index in [0.717, 1.165) is 18.9 Å². The number of amides is 1. The van der Waals surface area contributed by atoms with E-state index in [9.17, 15) is 13.6 Å². The molecule has 1 aromatic rings. The highest BCUT2D eigenvalue weighted by Gasteiger charge is 2.13. The summed E-state index contributed by atoms with van der Waals surface area (Å²) >= 11 is 0. The van der Waals surface area contributed by atoms with E-state index in [1.54, 1.807) is 6.08 Å². The molecule has 0 fully saturated rings. The van der Waals surface area contributed by atoms with Crippen molar-refractivity contribution in [3.63, 3.8) is 0 Å². The predicted molar refractivity (Wildman–Crippen MR) is 62.8 cm³/mol. The Balaban J connectivity index is 2.81. The molecule has 0 atom stereocenters. The van der Waals surface area contributed by atoms with Gasteiger partial charge in [-0.1, -0.05) is 6.08 Å². The number of carbonyl (C=O) groups excluding carboxylic acids is 1. The largest absolute Gasteiger partial charge is 0.383 e. The highest BCUT2D eigenvalue weighted by molar-refractivity contribution is 5.94. The van der Waals surface area contributed by atoms with Crippen LogP contribution in [0.4, 0.5) is 14.5 Å². The van der Waals surface area contributed by atoms with Crippen molar-refractivity contribution in [1.29, 1.82) is 0 Å². The highest BCUT2D eigenvalue weighted by atomic mass is 19.1. The Morgan fingerprint density at radius 1 is 1.41 bits per heavy atom. The second-order valence-electron chi connectivity index (χ2n) is 3.53. The molecule has 1 rings (SSSR count). The molecule has 0 aliphatic carbocycles. The monoisotopic (exact) mass is 240 g/mol. The standard InChI is InChI=1S/C12H14F2N2O/c1-2-3-4-5-16-11-6-8(12(15)17)9(13)7-10(11)14/h2,6-7,16H,1,3-5H2,(H2,15,17). The van der Waals surface area contributed by atoms with E-state index in [0.29, 0.717) is 12.6 Å². The van der Waals surface area contributed by atoms with Crippen molar-refractivity contribution in [1.82, 2.24) is 0 Å². The number of hydrogen-bond donors (Lipinski definition) is 2. The van der Waals surface area contributed by atoms with Crippen LogP contribution in [-0.2, 0) is 0 Å². The van der Waals surface area contributed by atoms with E-state index in [1.165, 1.54) is 0 Å². The molecule has 1 amide bonds. The summed E-state index contributed by atoms with van der Waals surface area (Å²) in [5.41, 5.74) is 4.72. The first kappa shape index (κ1) is 13.2. The van der Waals surface area contributed by atoms with Gasteiger partial charge in [0.15, 0.2) is 0 Å². The molecule has 0 saturated heterocycles. The molecule has 0 aromatic heterocycles. The smallest absolute Gasteiger partial charge is 0.251 e. The van der Waals surface area contributed by atoms with Crippen molar-refractivity contribution in [3.05, 3.63) is 42.0 Å². The molecule has 0 unspecified atom stereocenters. The van der Waals surface area contributed by atoms with E-state index in [1.807, 2.05) is 0 Å². The molecule has 3 N–H and O–H groups in total. The third-order valence-corrected chi connectivity index (χ3v) is 2.22. The fourth-order valence-electron chi connectivity index (χ4n) is 1.34. The van der Waals surface area contributed by atoms with Crippen LogP contribution >= 0.6 is 0 Å². The lowest BCUT2D eigenvalue weighted by molar-refractivity contribution is 0.0996. The summed E-state index contributed by atoms with van der Waals surface area (Å²) in [6, 6.07) is 1.73. The molecule has 0 spiro atoms. The third-order valence-electron chi connectivity index (χ3n) is 2.22. The van der Waals surface area contributed by atoms with E-state index >= 15 is 0 Å². The first-order chi connectivity index (χ1) is 8.06. The summed E-state index contributed by atoms with van der Waals surface area (Å²) in [5.74, 6) is -2.62. The molecule has 1 aromatic carbocycles. The lowest BCUT2D eigenvalue weighted by atomic mass is 10.1. The Kier molecular flexibility index (Phi) is 4.63. The van der Waals surface area contributed by atoms with Crippen molar-refractivity contribution < 1.29 is 13.6 Å². The first-order valence-corrected chi connectivity index (χ1v) is 5.20. The number of carbonyl (C=O) groups is 1. The molecule has 17 heavy (non-hydrogen) atoms. The number of benzene rings is 1. The lowest BCUT2D eigenvalue weighted by Crippen LogP contribution is -2.14. The summed E-state index contributed by atoms with van der Waals surface area (Å²) in [6.07, 6.45) is 3.31. The van der Waals surface area contributed by atoms with Gasteiger partial charge in [0, 0.05) is 12.6 Å². The van der Waals surface area contributed by atoms with Crippen LogP contribution in [0, 0.1) is 11.6 Å². The number of halogens is 2. The van der Waals surface area contributed by atoms with Crippen LogP contribution in [-0.4, -0.2) is 12.5 Å². The van der Waals surface area contributed by atoms with Gasteiger partial charge in [0.1, 0.15) is 11.6 Å². The molecule has 3 nitrogen and oxygen atoms in total. The van der Waals surface area contributed by atoms with Crippen LogP contribution in [0.1, 0.15) is 23.2 Å². The average Bonchev–Trinajstić information content (AvgIpc) is 2.26. The second kappa shape index (κ2) is 5.98. The van der Waals surface area contributed by atoms with Crippen molar-refractivity contribution in [2.24, 2.45) is 5.73 Å². The van der Waals surface area contributed by atoms with Gasteiger partial charge >= 0.3 is 0 Å². The van der Waals surface area contributed by atoms with Crippen LogP contribution in [0.5, 0.6) is 0 Å². The Labute approximate surface area is 98.3 Å². The van der Waals surface area contributed by atoms with Gasteiger partial charge in [0.05, 0.1) is 11.3 Å². The molecular formula is C12H14F2N2O. The van der Waals surface area contributed by atoms with Crippen molar-refractivity contribution in [2.45, 2.75) is 12.8 Å². The number of allylic oxidation sites excluding steroid dienone is 1. The summed E-state index contributed by atoms with van der Waals surface area (Å²) in [7, 11) is 0. The SMILES string of the molecule is C=CCCCNc1cc(C(N)=O)c(F)cc1F. The lowest BCUT2D eigenvalue weighted by Gasteiger charge is -2.08. The summed E-state index contributed by atoms with van der Waals surface area (Å²) in [4.78, 5) is 10.9. The molecule has 0 aliphatic rings. The van der Waals surface area contributed by atoms with Gasteiger partial charge in [-0.15, -0.1) is 6.58 Å². The molecule has 0 bridgehead atoms. The zero-order chi connectivity index (χ0) is 12.8. The zero-order valence-electron chi connectivity index (χ0n) is 9.30. The van der Waals surface area contributed by atoms with Crippen LogP contribution in [0.3, 0.4) is 0 Å². The van der Waals surface area contributed by atoms with Gasteiger partial charge < -0.3 is 11.1 Å². The molecule has 0 saturated carbocycles. The van der Waals surface area contributed by atoms with Gasteiger partial charge in [-0.3, -0.25) is 4.79 Å². The molecular weight excluding hydrogens is 226 g/mol. The van der Waals surface area contributed by atoms with Crippen molar-refractivity contribution in [3.8, 4) is 0 Å². The van der Waals surface area contributed by atoms with Gasteiger partial charge in [0.25, 0.3) is 5.91 Å². The number of primary amides is 1. The molecule has 0 aliphatic heterocycles. The average molecular weight is 240 g/mol.